The summed E-state index contributed by atoms with van der Waals surface area (Å²) < 4.78 is 0. The van der Waals surface area contributed by atoms with Crippen LogP contribution in [0.3, 0.4) is 0 Å². The van der Waals surface area contributed by atoms with Gasteiger partial charge in [0, 0.05) is 0 Å². The average molecular weight is 366 g/mol. The highest BCUT2D eigenvalue weighted by atomic mass is 16.4. The van der Waals surface area contributed by atoms with Gasteiger partial charge in [0.05, 0.1) is 17.6 Å². The van der Waals surface area contributed by atoms with Gasteiger partial charge >= 0.3 is 5.97 Å². The van der Waals surface area contributed by atoms with E-state index in [9.17, 15) is 9.90 Å². The van der Waals surface area contributed by atoms with Gasteiger partial charge < -0.3 is 5.11 Å². The van der Waals surface area contributed by atoms with Crippen molar-refractivity contribution in [3.8, 4) is 6.07 Å². The number of carbonyl (C=O) groups is 1. The zero-order chi connectivity index (χ0) is 19.2. The zero-order valence-corrected chi connectivity index (χ0v) is 16.1. The van der Waals surface area contributed by atoms with Gasteiger partial charge in [0.25, 0.3) is 0 Å². The molecule has 1 aromatic rings. The third kappa shape index (κ3) is 4.80. The molecule has 0 spiro atoms. The molecule has 3 nitrogen and oxygen atoms in total. The molecule has 0 saturated heterocycles. The SMILES string of the molecule is C=CCC(C(=O)O)C1CCC(C2CCC(c3ccc(C#N)cc3)CC2)CC1. The fourth-order valence-corrected chi connectivity index (χ4v) is 5.45. The molecule has 27 heavy (non-hydrogen) atoms. The topological polar surface area (TPSA) is 61.1 Å². The van der Waals surface area contributed by atoms with Crippen LogP contribution in [0.15, 0.2) is 36.9 Å². The van der Waals surface area contributed by atoms with Crippen molar-refractivity contribution in [2.24, 2.45) is 23.7 Å². The molecule has 3 rings (SSSR count). The van der Waals surface area contributed by atoms with Crippen molar-refractivity contribution < 1.29 is 9.90 Å². The molecule has 144 valence electrons. The van der Waals surface area contributed by atoms with Gasteiger partial charge in [0.15, 0.2) is 0 Å². The predicted octanol–water partition coefficient (Wildman–Crippen LogP) is 5.92. The Morgan fingerprint density at radius 2 is 1.63 bits per heavy atom. The molecule has 1 unspecified atom stereocenters. The monoisotopic (exact) mass is 365 g/mol. The van der Waals surface area contributed by atoms with E-state index in [2.05, 4.69) is 24.8 Å². The summed E-state index contributed by atoms with van der Waals surface area (Å²) in [6.07, 6.45) is 11.9. The maximum atomic E-state index is 11.5. The number of rotatable bonds is 6. The number of nitriles is 1. The number of hydrogen-bond acceptors (Lipinski definition) is 2. The summed E-state index contributed by atoms with van der Waals surface area (Å²) in [5.41, 5.74) is 2.12. The van der Waals surface area contributed by atoms with E-state index in [0.717, 1.165) is 30.2 Å². The fourth-order valence-electron chi connectivity index (χ4n) is 5.45. The molecule has 2 aliphatic carbocycles. The number of nitrogens with zero attached hydrogens (tertiary/aromatic N) is 1. The minimum absolute atomic E-state index is 0.240. The Labute approximate surface area is 163 Å². The van der Waals surface area contributed by atoms with Crippen LogP contribution in [0.25, 0.3) is 0 Å². The molecule has 1 atom stereocenters. The molecule has 1 aromatic carbocycles. The van der Waals surface area contributed by atoms with E-state index >= 15 is 0 Å². The van der Waals surface area contributed by atoms with Gasteiger partial charge in [-0.25, -0.2) is 0 Å². The van der Waals surface area contributed by atoms with Crippen molar-refractivity contribution >= 4 is 5.97 Å². The van der Waals surface area contributed by atoms with E-state index in [4.69, 9.17) is 5.26 Å². The standard InChI is InChI=1S/C24H31NO2/c1-2-3-23(24(26)27)22-14-12-21(13-15-22)20-10-8-19(9-11-20)18-6-4-17(16-25)5-7-18/h2,4-7,19-23H,1,3,8-15H2,(H,26,27). The molecule has 0 amide bonds. The number of aliphatic carboxylic acids is 1. The van der Waals surface area contributed by atoms with Crippen LogP contribution in [0.1, 0.15) is 74.8 Å². The Hall–Kier alpha value is -2.08. The van der Waals surface area contributed by atoms with Crippen LogP contribution < -0.4 is 0 Å². The molecular weight excluding hydrogens is 334 g/mol. The normalized spacial score (nSPS) is 29.4. The molecule has 0 aromatic heterocycles. The van der Waals surface area contributed by atoms with Crippen molar-refractivity contribution in [1.29, 1.82) is 5.26 Å². The van der Waals surface area contributed by atoms with Gasteiger partial charge in [0.1, 0.15) is 0 Å². The van der Waals surface area contributed by atoms with Crippen molar-refractivity contribution in [2.45, 2.75) is 63.7 Å². The van der Waals surface area contributed by atoms with Gasteiger partial charge in [-0.3, -0.25) is 4.79 Å². The van der Waals surface area contributed by atoms with E-state index in [1.807, 2.05) is 12.1 Å². The molecule has 0 heterocycles. The quantitative estimate of drug-likeness (QED) is 0.637. The Bertz CT molecular complexity index is 671. The average Bonchev–Trinajstić information content (AvgIpc) is 2.72. The van der Waals surface area contributed by atoms with Gasteiger partial charge in [-0.1, -0.05) is 18.2 Å². The molecule has 2 saturated carbocycles. The lowest BCUT2D eigenvalue weighted by molar-refractivity contribution is -0.144. The highest BCUT2D eigenvalue weighted by Crippen LogP contribution is 2.45. The molecule has 0 radical (unpaired) electrons. The lowest BCUT2D eigenvalue weighted by Gasteiger charge is -2.39. The summed E-state index contributed by atoms with van der Waals surface area (Å²) in [4.78, 5) is 11.5. The number of allylic oxidation sites excluding steroid dienone is 1. The maximum Gasteiger partial charge on any atom is 0.307 e. The Morgan fingerprint density at radius 3 is 2.11 bits per heavy atom. The molecule has 2 fully saturated rings. The highest BCUT2D eigenvalue weighted by molar-refractivity contribution is 5.70. The van der Waals surface area contributed by atoms with E-state index in [1.165, 1.54) is 44.1 Å². The van der Waals surface area contributed by atoms with E-state index < -0.39 is 5.97 Å². The van der Waals surface area contributed by atoms with Crippen LogP contribution in [0.2, 0.25) is 0 Å². The second-order valence-corrected chi connectivity index (χ2v) is 8.49. The van der Waals surface area contributed by atoms with E-state index in [1.54, 1.807) is 6.08 Å². The summed E-state index contributed by atoms with van der Waals surface area (Å²) in [6, 6.07) is 10.3. The molecule has 0 aliphatic heterocycles. The van der Waals surface area contributed by atoms with Crippen LogP contribution in [-0.4, -0.2) is 11.1 Å². The highest BCUT2D eigenvalue weighted by Gasteiger charge is 2.35. The van der Waals surface area contributed by atoms with Crippen molar-refractivity contribution in [3.05, 3.63) is 48.0 Å². The van der Waals surface area contributed by atoms with Crippen LogP contribution in [-0.2, 0) is 4.79 Å². The smallest absolute Gasteiger partial charge is 0.307 e. The first kappa shape index (κ1) is 19.7. The summed E-state index contributed by atoms with van der Waals surface area (Å²) in [5.74, 6) is 1.66. The number of carboxylic acid groups (broad SMARTS) is 1. The van der Waals surface area contributed by atoms with Gasteiger partial charge in [0.2, 0.25) is 0 Å². The van der Waals surface area contributed by atoms with Crippen molar-refractivity contribution in [3.63, 3.8) is 0 Å². The molecule has 2 aliphatic rings. The van der Waals surface area contributed by atoms with E-state index in [0.29, 0.717) is 18.3 Å². The van der Waals surface area contributed by atoms with Crippen LogP contribution in [0.4, 0.5) is 0 Å². The maximum absolute atomic E-state index is 11.5. The predicted molar refractivity (Wildman–Crippen MR) is 107 cm³/mol. The molecule has 0 bridgehead atoms. The Kier molecular flexibility index (Phi) is 6.72. The first-order chi connectivity index (χ1) is 13.1. The lowest BCUT2D eigenvalue weighted by atomic mass is 9.66. The second-order valence-electron chi connectivity index (χ2n) is 8.49. The van der Waals surface area contributed by atoms with Crippen LogP contribution in [0.5, 0.6) is 0 Å². The van der Waals surface area contributed by atoms with Crippen LogP contribution in [0, 0.1) is 35.0 Å². The number of hydrogen-bond donors (Lipinski definition) is 1. The van der Waals surface area contributed by atoms with Crippen molar-refractivity contribution in [1.82, 2.24) is 0 Å². The summed E-state index contributed by atoms with van der Waals surface area (Å²) in [6.45, 7) is 3.73. The van der Waals surface area contributed by atoms with Crippen molar-refractivity contribution in [2.75, 3.05) is 0 Å². The lowest BCUT2D eigenvalue weighted by Crippen LogP contribution is -2.30. The Morgan fingerprint density at radius 1 is 1.07 bits per heavy atom. The first-order valence-corrected chi connectivity index (χ1v) is 10.5. The van der Waals surface area contributed by atoms with Gasteiger partial charge in [-0.05, 0) is 99.2 Å². The summed E-state index contributed by atoms with van der Waals surface area (Å²) in [7, 11) is 0. The van der Waals surface area contributed by atoms with Gasteiger partial charge in [-0.15, -0.1) is 6.58 Å². The summed E-state index contributed by atoms with van der Waals surface area (Å²) >= 11 is 0. The van der Waals surface area contributed by atoms with E-state index in [-0.39, 0.29) is 5.92 Å². The number of benzene rings is 1. The third-order valence-electron chi connectivity index (χ3n) is 7.07. The third-order valence-corrected chi connectivity index (χ3v) is 7.07. The second kappa shape index (κ2) is 9.22. The van der Waals surface area contributed by atoms with Crippen LogP contribution >= 0.6 is 0 Å². The molecular formula is C24H31NO2. The fraction of sp³-hybridized carbons (Fsp3) is 0.583. The van der Waals surface area contributed by atoms with Gasteiger partial charge in [-0.2, -0.15) is 5.26 Å². The number of carboxylic acids is 1. The largest absolute Gasteiger partial charge is 0.481 e. The first-order valence-electron chi connectivity index (χ1n) is 10.5. The molecule has 1 N–H and O–H groups in total. The Balaban J connectivity index is 1.48. The minimum atomic E-state index is -0.652. The minimum Gasteiger partial charge on any atom is -0.481 e. The summed E-state index contributed by atoms with van der Waals surface area (Å²) in [5, 5.41) is 18.4. The molecule has 3 heteroatoms. The zero-order valence-electron chi connectivity index (χ0n) is 16.1.